The SMILES string of the molecule is O=C(N[C@@H](CO)C(=O)NCc1ccc(Oc2ccccc2)cn1)c1ccc(F)cc1. The smallest absolute Gasteiger partial charge is 0.251 e. The van der Waals surface area contributed by atoms with Crippen LogP contribution in [0.3, 0.4) is 0 Å². The highest BCUT2D eigenvalue weighted by molar-refractivity contribution is 5.97. The summed E-state index contributed by atoms with van der Waals surface area (Å²) in [5.74, 6) is -0.404. The predicted octanol–water partition coefficient (Wildman–Crippen LogP) is 2.42. The number of aliphatic hydroxyl groups excluding tert-OH is 1. The second-order valence-electron chi connectivity index (χ2n) is 6.33. The number of carbonyl (C=O) groups is 2. The molecule has 0 bridgehead atoms. The summed E-state index contributed by atoms with van der Waals surface area (Å²) in [4.78, 5) is 28.6. The molecular formula is C22H20FN3O4. The van der Waals surface area contributed by atoms with Crippen molar-refractivity contribution >= 4 is 11.8 Å². The number of pyridine rings is 1. The molecule has 0 saturated carbocycles. The van der Waals surface area contributed by atoms with Crippen molar-refractivity contribution in [2.45, 2.75) is 12.6 Å². The fourth-order valence-electron chi connectivity index (χ4n) is 2.54. The van der Waals surface area contributed by atoms with E-state index in [0.717, 1.165) is 12.1 Å². The Kier molecular flexibility index (Phi) is 7.07. The van der Waals surface area contributed by atoms with E-state index >= 15 is 0 Å². The quantitative estimate of drug-likeness (QED) is 0.531. The van der Waals surface area contributed by atoms with Crippen LogP contribution in [0.1, 0.15) is 16.1 Å². The third-order valence-electron chi connectivity index (χ3n) is 4.13. The molecule has 1 aromatic heterocycles. The average molecular weight is 409 g/mol. The van der Waals surface area contributed by atoms with Crippen molar-refractivity contribution in [2.24, 2.45) is 0 Å². The molecule has 2 aromatic carbocycles. The zero-order chi connectivity index (χ0) is 21.3. The van der Waals surface area contributed by atoms with Crippen molar-refractivity contribution in [1.82, 2.24) is 15.6 Å². The lowest BCUT2D eigenvalue weighted by Crippen LogP contribution is -2.48. The normalized spacial score (nSPS) is 11.4. The number of nitrogens with zero attached hydrogens (tertiary/aromatic N) is 1. The third kappa shape index (κ3) is 5.86. The lowest BCUT2D eigenvalue weighted by molar-refractivity contribution is -0.124. The Morgan fingerprint density at radius 2 is 1.73 bits per heavy atom. The van der Waals surface area contributed by atoms with Crippen molar-refractivity contribution in [2.75, 3.05) is 6.61 Å². The highest BCUT2D eigenvalue weighted by Gasteiger charge is 2.20. The van der Waals surface area contributed by atoms with Gasteiger partial charge in [-0.3, -0.25) is 14.6 Å². The first-order valence-electron chi connectivity index (χ1n) is 9.18. The van der Waals surface area contributed by atoms with Gasteiger partial charge in [-0.2, -0.15) is 0 Å². The van der Waals surface area contributed by atoms with Crippen molar-refractivity contribution in [3.8, 4) is 11.5 Å². The zero-order valence-corrected chi connectivity index (χ0v) is 15.9. The molecule has 154 valence electrons. The summed E-state index contributed by atoms with van der Waals surface area (Å²) in [7, 11) is 0. The van der Waals surface area contributed by atoms with Gasteiger partial charge in [0.1, 0.15) is 23.4 Å². The molecule has 0 saturated heterocycles. The van der Waals surface area contributed by atoms with Crippen LogP contribution in [-0.4, -0.2) is 34.6 Å². The van der Waals surface area contributed by atoms with Crippen molar-refractivity contribution in [3.05, 3.63) is 90.0 Å². The van der Waals surface area contributed by atoms with E-state index in [4.69, 9.17) is 4.74 Å². The van der Waals surface area contributed by atoms with Gasteiger partial charge in [-0.1, -0.05) is 18.2 Å². The van der Waals surface area contributed by atoms with E-state index in [1.54, 1.807) is 12.1 Å². The molecule has 3 rings (SSSR count). The van der Waals surface area contributed by atoms with E-state index in [2.05, 4.69) is 15.6 Å². The fraction of sp³-hybridized carbons (Fsp3) is 0.136. The van der Waals surface area contributed by atoms with E-state index in [1.165, 1.54) is 18.3 Å². The maximum absolute atomic E-state index is 13.0. The topological polar surface area (TPSA) is 101 Å². The van der Waals surface area contributed by atoms with Crippen LogP contribution in [-0.2, 0) is 11.3 Å². The molecule has 0 aliphatic rings. The number of hydrogen-bond acceptors (Lipinski definition) is 5. The Bertz CT molecular complexity index is 980. The molecule has 8 heteroatoms. The van der Waals surface area contributed by atoms with E-state index in [1.807, 2.05) is 30.3 Å². The molecule has 0 unspecified atom stereocenters. The van der Waals surface area contributed by atoms with Gasteiger partial charge in [-0.05, 0) is 48.5 Å². The molecule has 2 amide bonds. The second kappa shape index (κ2) is 10.1. The van der Waals surface area contributed by atoms with Gasteiger partial charge >= 0.3 is 0 Å². The molecule has 0 radical (unpaired) electrons. The molecule has 0 aliphatic heterocycles. The first-order chi connectivity index (χ1) is 14.5. The van der Waals surface area contributed by atoms with Crippen LogP contribution in [0.25, 0.3) is 0 Å². The first-order valence-corrected chi connectivity index (χ1v) is 9.18. The maximum atomic E-state index is 13.0. The number of halogens is 1. The highest BCUT2D eigenvalue weighted by Crippen LogP contribution is 2.19. The Hall–Kier alpha value is -3.78. The second-order valence-corrected chi connectivity index (χ2v) is 6.33. The fourth-order valence-corrected chi connectivity index (χ4v) is 2.54. The van der Waals surface area contributed by atoms with Crippen LogP contribution in [0.15, 0.2) is 72.9 Å². The number of hydrogen-bond donors (Lipinski definition) is 3. The van der Waals surface area contributed by atoms with Crippen LogP contribution in [0.4, 0.5) is 4.39 Å². The van der Waals surface area contributed by atoms with Gasteiger partial charge in [0.25, 0.3) is 5.91 Å². The average Bonchev–Trinajstić information content (AvgIpc) is 2.78. The van der Waals surface area contributed by atoms with Crippen molar-refractivity contribution in [3.63, 3.8) is 0 Å². The lowest BCUT2D eigenvalue weighted by atomic mass is 10.2. The zero-order valence-electron chi connectivity index (χ0n) is 15.9. The number of nitrogens with one attached hydrogen (secondary N) is 2. The molecule has 3 N–H and O–H groups in total. The molecule has 0 fully saturated rings. The van der Waals surface area contributed by atoms with Crippen LogP contribution in [0.2, 0.25) is 0 Å². The summed E-state index contributed by atoms with van der Waals surface area (Å²) in [6.45, 7) is -0.483. The molecule has 1 atom stereocenters. The van der Waals surface area contributed by atoms with Gasteiger partial charge in [0.15, 0.2) is 0 Å². The van der Waals surface area contributed by atoms with E-state index in [-0.39, 0.29) is 12.1 Å². The molecule has 0 aliphatic carbocycles. The van der Waals surface area contributed by atoms with Gasteiger partial charge in [0, 0.05) is 5.56 Å². The number of ether oxygens (including phenoxy) is 1. The van der Waals surface area contributed by atoms with E-state index < -0.39 is 30.3 Å². The summed E-state index contributed by atoms with van der Waals surface area (Å²) in [5, 5.41) is 14.5. The highest BCUT2D eigenvalue weighted by atomic mass is 19.1. The largest absolute Gasteiger partial charge is 0.456 e. The van der Waals surface area contributed by atoms with Crippen LogP contribution >= 0.6 is 0 Å². The van der Waals surface area contributed by atoms with Crippen molar-refractivity contribution in [1.29, 1.82) is 0 Å². The van der Waals surface area contributed by atoms with Gasteiger partial charge < -0.3 is 20.5 Å². The molecule has 7 nitrogen and oxygen atoms in total. The summed E-state index contributed by atoms with van der Waals surface area (Å²) in [5.41, 5.74) is 0.753. The standard InChI is InChI=1S/C22H20FN3O4/c23-16-8-6-15(7-9-16)21(28)26-20(14-27)22(29)25-12-17-10-11-19(13-24-17)30-18-4-2-1-3-5-18/h1-11,13,20,27H,12,14H2,(H,25,29)(H,26,28)/t20-/m0/s1. The first kappa shape index (κ1) is 20.9. The summed E-state index contributed by atoms with van der Waals surface area (Å²) < 4.78 is 18.6. The minimum absolute atomic E-state index is 0.105. The van der Waals surface area contributed by atoms with Gasteiger partial charge in [0.05, 0.1) is 25.0 Å². The predicted molar refractivity (Wildman–Crippen MR) is 107 cm³/mol. The molecule has 1 heterocycles. The molecule has 3 aromatic rings. The number of aliphatic hydroxyl groups is 1. The minimum atomic E-state index is -1.15. The minimum Gasteiger partial charge on any atom is -0.456 e. The van der Waals surface area contributed by atoms with Gasteiger partial charge in [0.2, 0.25) is 5.91 Å². The Balaban J connectivity index is 1.51. The van der Waals surface area contributed by atoms with Gasteiger partial charge in [-0.25, -0.2) is 4.39 Å². The number of rotatable bonds is 8. The Morgan fingerprint density at radius 1 is 1.00 bits per heavy atom. The van der Waals surface area contributed by atoms with Crippen LogP contribution < -0.4 is 15.4 Å². The van der Waals surface area contributed by atoms with Crippen molar-refractivity contribution < 1.29 is 23.8 Å². The summed E-state index contributed by atoms with van der Waals surface area (Å²) in [6.07, 6.45) is 1.54. The maximum Gasteiger partial charge on any atom is 0.251 e. The Labute approximate surface area is 172 Å². The third-order valence-corrected chi connectivity index (χ3v) is 4.13. The summed E-state index contributed by atoms with van der Waals surface area (Å²) >= 11 is 0. The summed E-state index contributed by atoms with van der Waals surface area (Å²) in [6, 6.07) is 16.4. The Morgan fingerprint density at radius 3 is 2.37 bits per heavy atom. The van der Waals surface area contributed by atoms with E-state index in [0.29, 0.717) is 17.2 Å². The molecule has 0 spiro atoms. The lowest BCUT2D eigenvalue weighted by Gasteiger charge is -2.16. The van der Waals surface area contributed by atoms with E-state index in [9.17, 15) is 19.1 Å². The monoisotopic (exact) mass is 409 g/mol. The van der Waals surface area contributed by atoms with Crippen LogP contribution in [0.5, 0.6) is 11.5 Å². The molecule has 30 heavy (non-hydrogen) atoms. The van der Waals surface area contributed by atoms with Gasteiger partial charge in [-0.15, -0.1) is 0 Å². The number of para-hydroxylation sites is 1. The number of aromatic nitrogens is 1. The van der Waals surface area contributed by atoms with Crippen LogP contribution in [0, 0.1) is 5.82 Å². The number of benzene rings is 2. The number of carbonyl (C=O) groups excluding carboxylic acids is 2. The number of amides is 2. The molecular weight excluding hydrogens is 389 g/mol.